The normalized spacial score (nSPS) is 12.2. The molecule has 3 aromatic carbocycles. The van der Waals surface area contributed by atoms with E-state index in [2.05, 4.69) is 12.2 Å². The number of carbonyl (C=O) groups is 3. The Labute approximate surface area is 208 Å². The second kappa shape index (κ2) is 11.9. The van der Waals surface area contributed by atoms with E-state index in [0.717, 1.165) is 17.5 Å². The molecule has 9 nitrogen and oxygen atoms in total. The van der Waals surface area contributed by atoms with E-state index in [-0.39, 0.29) is 12.2 Å². The molecule has 36 heavy (non-hydrogen) atoms. The van der Waals surface area contributed by atoms with Crippen LogP contribution in [0, 0.1) is 0 Å². The number of carboxylic acids is 1. The van der Waals surface area contributed by atoms with Gasteiger partial charge in [0.1, 0.15) is 5.75 Å². The Hall–Kier alpha value is -4.37. The summed E-state index contributed by atoms with van der Waals surface area (Å²) in [6.07, 6.45) is 0.357. The average Bonchev–Trinajstić information content (AvgIpc) is 2.91. The first-order chi connectivity index (χ1) is 17.4. The Morgan fingerprint density at radius 3 is 2.03 bits per heavy atom. The quantitative estimate of drug-likeness (QED) is 0.199. The minimum Gasteiger partial charge on any atom is -0.497 e. The first-order valence-corrected chi connectivity index (χ1v) is 11.3. The molecule has 0 bridgehead atoms. The second-order valence-electron chi connectivity index (χ2n) is 7.92. The number of aliphatic carboxylic acids is 1. The first-order valence-electron chi connectivity index (χ1n) is 11.3. The van der Waals surface area contributed by atoms with Crippen molar-refractivity contribution in [3.8, 4) is 16.9 Å². The summed E-state index contributed by atoms with van der Waals surface area (Å²) in [6.45, 7) is 1.44. The van der Waals surface area contributed by atoms with Gasteiger partial charge in [-0.2, -0.15) is 5.06 Å². The van der Waals surface area contributed by atoms with E-state index in [1.54, 1.807) is 36.4 Å². The summed E-state index contributed by atoms with van der Waals surface area (Å²) >= 11 is 0. The van der Waals surface area contributed by atoms with E-state index in [0.29, 0.717) is 16.5 Å². The number of methoxy groups -OCH3 is 1. The Kier molecular flexibility index (Phi) is 8.64. The summed E-state index contributed by atoms with van der Waals surface area (Å²) in [6, 6.07) is 20.8. The van der Waals surface area contributed by atoms with Crippen LogP contribution in [0.1, 0.15) is 18.9 Å². The number of aryl methyl sites for hydroxylation is 1. The van der Waals surface area contributed by atoms with Crippen LogP contribution in [-0.4, -0.2) is 47.8 Å². The first kappa shape index (κ1) is 26.2. The molecule has 0 unspecified atom stereocenters. The van der Waals surface area contributed by atoms with Gasteiger partial charge in [-0.05, 0) is 59.5 Å². The topological polar surface area (TPSA) is 125 Å². The monoisotopic (exact) mass is 492 g/mol. The van der Waals surface area contributed by atoms with Crippen LogP contribution in [0.15, 0.2) is 72.8 Å². The summed E-state index contributed by atoms with van der Waals surface area (Å²) in [7, 11) is 1.49. The number of anilines is 2. The van der Waals surface area contributed by atoms with Crippen molar-refractivity contribution in [2.24, 2.45) is 0 Å². The third kappa shape index (κ3) is 5.47. The van der Waals surface area contributed by atoms with Gasteiger partial charge < -0.3 is 25.1 Å². The molecule has 0 fully saturated rings. The lowest BCUT2D eigenvalue weighted by molar-refractivity contribution is -0.154. The summed E-state index contributed by atoms with van der Waals surface area (Å²) in [5.74, 6) is -2.07. The van der Waals surface area contributed by atoms with Crippen LogP contribution in [0.3, 0.4) is 0 Å². The van der Waals surface area contributed by atoms with Crippen LogP contribution >= 0.6 is 0 Å². The highest BCUT2D eigenvalue weighted by molar-refractivity contribution is 6.15. The fourth-order valence-electron chi connectivity index (χ4n) is 3.81. The highest BCUT2D eigenvalue weighted by atomic mass is 16.7. The van der Waals surface area contributed by atoms with Crippen LogP contribution in [0.25, 0.3) is 11.1 Å². The summed E-state index contributed by atoms with van der Waals surface area (Å²) in [5, 5.41) is 23.1. The van der Waals surface area contributed by atoms with Crippen molar-refractivity contribution in [3.05, 3.63) is 78.4 Å². The SMILES string of the molecule is CCc1ccc(-c2ccc(N(OC=O)[C@@](CCO)(C(=O)O)C(=O)Nc3ccc(OC)cc3)cc2)cc1. The number of carbonyl (C=O) groups excluding carboxylic acids is 2. The van der Waals surface area contributed by atoms with Gasteiger partial charge >= 0.3 is 12.4 Å². The number of nitrogens with zero attached hydrogens (tertiary/aromatic N) is 1. The zero-order valence-corrected chi connectivity index (χ0v) is 20.0. The highest BCUT2D eigenvalue weighted by Gasteiger charge is 2.53. The van der Waals surface area contributed by atoms with Crippen molar-refractivity contribution in [3.63, 3.8) is 0 Å². The number of nitrogens with one attached hydrogen (secondary N) is 1. The van der Waals surface area contributed by atoms with Crippen molar-refractivity contribution >= 4 is 29.7 Å². The van der Waals surface area contributed by atoms with Gasteiger partial charge in [-0.3, -0.25) is 9.59 Å². The van der Waals surface area contributed by atoms with E-state index in [1.165, 1.54) is 24.8 Å². The molecular weight excluding hydrogens is 464 g/mol. The number of hydrogen-bond donors (Lipinski definition) is 3. The van der Waals surface area contributed by atoms with Gasteiger partial charge in [0, 0.05) is 18.7 Å². The highest BCUT2D eigenvalue weighted by Crippen LogP contribution is 2.32. The van der Waals surface area contributed by atoms with Gasteiger partial charge in [-0.15, -0.1) is 0 Å². The maximum atomic E-state index is 13.4. The summed E-state index contributed by atoms with van der Waals surface area (Å²) < 4.78 is 5.09. The number of aliphatic hydroxyl groups is 1. The van der Waals surface area contributed by atoms with Gasteiger partial charge in [0.05, 0.1) is 12.8 Å². The van der Waals surface area contributed by atoms with Crippen molar-refractivity contribution in [2.75, 3.05) is 24.1 Å². The average molecular weight is 493 g/mol. The number of carboxylic acid groups (broad SMARTS) is 1. The van der Waals surface area contributed by atoms with Crippen molar-refractivity contribution in [2.45, 2.75) is 25.3 Å². The minimum atomic E-state index is -2.46. The van der Waals surface area contributed by atoms with Crippen LogP contribution in [0.5, 0.6) is 5.75 Å². The maximum Gasteiger partial charge on any atom is 0.343 e. The molecule has 0 aliphatic carbocycles. The number of ether oxygens (including phenoxy) is 1. The molecule has 0 heterocycles. The molecule has 3 aromatic rings. The van der Waals surface area contributed by atoms with E-state index < -0.39 is 30.4 Å². The molecule has 188 valence electrons. The van der Waals surface area contributed by atoms with Gasteiger partial charge in [0.2, 0.25) is 0 Å². The number of rotatable bonds is 12. The second-order valence-corrected chi connectivity index (χ2v) is 7.92. The molecule has 0 saturated carbocycles. The molecule has 1 atom stereocenters. The van der Waals surface area contributed by atoms with Crippen molar-refractivity contribution < 1.29 is 34.2 Å². The largest absolute Gasteiger partial charge is 0.497 e. The molecule has 3 rings (SSSR count). The van der Waals surface area contributed by atoms with Crippen LogP contribution in [0.4, 0.5) is 11.4 Å². The third-order valence-electron chi connectivity index (χ3n) is 5.84. The van der Waals surface area contributed by atoms with Gasteiger partial charge in [-0.25, -0.2) is 4.79 Å². The van der Waals surface area contributed by atoms with Crippen LogP contribution in [-0.2, 0) is 25.6 Å². The molecule has 0 aliphatic heterocycles. The lowest BCUT2D eigenvalue weighted by Gasteiger charge is -2.37. The fourth-order valence-corrected chi connectivity index (χ4v) is 3.81. The Morgan fingerprint density at radius 1 is 0.972 bits per heavy atom. The maximum absolute atomic E-state index is 13.4. The fraction of sp³-hybridized carbons (Fsp3) is 0.222. The zero-order valence-electron chi connectivity index (χ0n) is 20.0. The standard InChI is InChI=1S/C27H28N2O7/c1-3-19-4-6-20(7-5-19)21-8-12-23(13-9-21)29(36-18-31)27(16-17-30,26(33)34)25(32)28-22-10-14-24(35-2)15-11-22/h4-15,18,30H,3,16-17H2,1-2H3,(H,28,32)(H,33,34)/t27-/m1/s1. The molecule has 9 heteroatoms. The van der Waals surface area contributed by atoms with Crippen LogP contribution in [0.2, 0.25) is 0 Å². The third-order valence-corrected chi connectivity index (χ3v) is 5.84. The molecular formula is C27H28N2O7. The van der Waals surface area contributed by atoms with E-state index in [9.17, 15) is 24.6 Å². The lowest BCUT2D eigenvalue weighted by Crippen LogP contribution is -2.63. The molecule has 3 N–H and O–H groups in total. The number of hydrogen-bond acceptors (Lipinski definition) is 7. The van der Waals surface area contributed by atoms with Gasteiger partial charge in [-0.1, -0.05) is 43.3 Å². The van der Waals surface area contributed by atoms with Crippen molar-refractivity contribution in [1.29, 1.82) is 0 Å². The summed E-state index contributed by atoms with van der Waals surface area (Å²) in [4.78, 5) is 42.4. The van der Waals surface area contributed by atoms with E-state index in [4.69, 9.17) is 9.57 Å². The molecule has 0 aliphatic rings. The van der Waals surface area contributed by atoms with Gasteiger partial charge in [0.15, 0.2) is 0 Å². The van der Waals surface area contributed by atoms with E-state index in [1.807, 2.05) is 24.3 Å². The number of aliphatic hydroxyl groups excluding tert-OH is 1. The number of benzene rings is 3. The molecule has 0 radical (unpaired) electrons. The predicted octanol–water partition coefficient (Wildman–Crippen LogP) is 3.66. The molecule has 0 spiro atoms. The minimum absolute atomic E-state index is 0.0348. The molecule has 0 saturated heterocycles. The van der Waals surface area contributed by atoms with Gasteiger partial charge in [0.25, 0.3) is 11.4 Å². The Morgan fingerprint density at radius 2 is 1.56 bits per heavy atom. The number of amides is 1. The Bertz CT molecular complexity index is 1180. The van der Waals surface area contributed by atoms with E-state index >= 15 is 0 Å². The molecule has 0 aromatic heterocycles. The smallest absolute Gasteiger partial charge is 0.343 e. The lowest BCUT2D eigenvalue weighted by atomic mass is 9.92. The zero-order chi connectivity index (χ0) is 26.1. The molecule has 1 amide bonds. The summed E-state index contributed by atoms with van der Waals surface area (Å²) in [5.41, 5.74) is 0.953. The Balaban J connectivity index is 1.99. The predicted molar refractivity (Wildman–Crippen MR) is 135 cm³/mol. The van der Waals surface area contributed by atoms with Crippen molar-refractivity contribution in [1.82, 2.24) is 0 Å². The number of hydroxylamine groups is 1. The van der Waals surface area contributed by atoms with Crippen LogP contribution < -0.4 is 15.1 Å².